The number of thiazole rings is 1. The highest BCUT2D eigenvalue weighted by molar-refractivity contribution is 7.16. The predicted molar refractivity (Wildman–Crippen MR) is 77.8 cm³/mol. The second kappa shape index (κ2) is 5.70. The summed E-state index contributed by atoms with van der Waals surface area (Å²) in [7, 11) is 0. The number of aromatic carboxylic acids is 1. The molecule has 1 heterocycles. The first-order chi connectivity index (χ1) is 9.45. The van der Waals surface area contributed by atoms with Crippen molar-refractivity contribution in [2.24, 2.45) is 0 Å². The van der Waals surface area contributed by atoms with Crippen LogP contribution in [0.5, 0.6) is 0 Å². The van der Waals surface area contributed by atoms with E-state index in [4.69, 9.17) is 5.11 Å². The van der Waals surface area contributed by atoms with Gasteiger partial charge in [0.05, 0.1) is 5.01 Å². The number of rotatable bonds is 4. The molecule has 1 aromatic carbocycles. The van der Waals surface area contributed by atoms with E-state index in [1.54, 1.807) is 31.2 Å². The van der Waals surface area contributed by atoms with Crippen LogP contribution in [-0.2, 0) is 4.79 Å². The second-order valence-electron chi connectivity index (χ2n) is 4.10. The van der Waals surface area contributed by atoms with Gasteiger partial charge in [-0.3, -0.25) is 4.79 Å². The third-order valence-electron chi connectivity index (χ3n) is 2.38. The maximum absolute atomic E-state index is 11.1. The molecule has 2 aromatic rings. The van der Waals surface area contributed by atoms with Gasteiger partial charge < -0.3 is 15.7 Å². The summed E-state index contributed by atoms with van der Waals surface area (Å²) in [5, 5.41) is 15.9. The Bertz CT molecular complexity index is 667. The van der Waals surface area contributed by atoms with Gasteiger partial charge in [0.25, 0.3) is 0 Å². The number of nitrogens with one attached hydrogen (secondary N) is 2. The van der Waals surface area contributed by atoms with Crippen molar-refractivity contribution in [3.8, 4) is 0 Å². The topological polar surface area (TPSA) is 91.3 Å². The number of carboxylic acid groups (broad SMARTS) is 1. The minimum Gasteiger partial charge on any atom is -0.476 e. The molecule has 0 unspecified atom stereocenters. The van der Waals surface area contributed by atoms with Crippen LogP contribution in [0.1, 0.15) is 22.4 Å². The van der Waals surface area contributed by atoms with Gasteiger partial charge in [0, 0.05) is 18.3 Å². The van der Waals surface area contributed by atoms with Crippen molar-refractivity contribution in [3.63, 3.8) is 0 Å². The molecule has 1 aromatic heterocycles. The lowest BCUT2D eigenvalue weighted by molar-refractivity contribution is -0.114. The smallest absolute Gasteiger partial charge is 0.357 e. The molecule has 0 spiro atoms. The lowest BCUT2D eigenvalue weighted by Crippen LogP contribution is -2.06. The molecule has 20 heavy (non-hydrogen) atoms. The van der Waals surface area contributed by atoms with Crippen LogP contribution in [0.2, 0.25) is 0 Å². The summed E-state index contributed by atoms with van der Waals surface area (Å²) >= 11 is 1.27. The lowest BCUT2D eigenvalue weighted by atomic mass is 10.2. The maximum Gasteiger partial charge on any atom is 0.357 e. The number of anilines is 3. The van der Waals surface area contributed by atoms with Crippen LogP contribution in [0.4, 0.5) is 16.4 Å². The van der Waals surface area contributed by atoms with Crippen LogP contribution in [0.25, 0.3) is 0 Å². The average Bonchev–Trinajstić information content (AvgIpc) is 2.70. The fraction of sp³-hybridized carbons (Fsp3) is 0.154. The first-order valence-corrected chi connectivity index (χ1v) is 6.63. The SMILES string of the molecule is CC(=O)Nc1cccc(Nc2sc(C)nc2C(=O)O)c1. The molecule has 0 fully saturated rings. The Morgan fingerprint density at radius 1 is 1.30 bits per heavy atom. The van der Waals surface area contributed by atoms with Crippen molar-refractivity contribution in [1.29, 1.82) is 0 Å². The molecule has 3 N–H and O–H groups in total. The van der Waals surface area contributed by atoms with E-state index in [0.717, 1.165) is 0 Å². The molecule has 0 atom stereocenters. The number of nitrogens with zero attached hydrogens (tertiary/aromatic N) is 1. The number of carbonyl (C=O) groups is 2. The fourth-order valence-corrected chi connectivity index (χ4v) is 2.50. The van der Waals surface area contributed by atoms with E-state index in [9.17, 15) is 9.59 Å². The normalized spacial score (nSPS) is 10.1. The summed E-state index contributed by atoms with van der Waals surface area (Å²) in [5.74, 6) is -1.24. The number of hydrogen-bond acceptors (Lipinski definition) is 5. The highest BCUT2D eigenvalue weighted by Crippen LogP contribution is 2.28. The quantitative estimate of drug-likeness (QED) is 0.805. The number of carbonyl (C=O) groups excluding carboxylic acids is 1. The predicted octanol–water partition coefficient (Wildman–Crippen LogP) is 2.85. The summed E-state index contributed by atoms with van der Waals surface area (Å²) in [6.07, 6.45) is 0. The van der Waals surface area contributed by atoms with Gasteiger partial charge in [-0.25, -0.2) is 9.78 Å². The number of aromatic nitrogens is 1. The molecule has 1 amide bonds. The summed E-state index contributed by atoms with van der Waals surface area (Å²) in [6, 6.07) is 7.03. The fourth-order valence-electron chi connectivity index (χ4n) is 1.67. The van der Waals surface area contributed by atoms with E-state index in [-0.39, 0.29) is 11.6 Å². The van der Waals surface area contributed by atoms with Gasteiger partial charge >= 0.3 is 5.97 Å². The second-order valence-corrected chi connectivity index (χ2v) is 5.31. The van der Waals surface area contributed by atoms with Gasteiger partial charge in [-0.05, 0) is 25.1 Å². The zero-order valence-electron chi connectivity index (χ0n) is 10.9. The van der Waals surface area contributed by atoms with Crippen LogP contribution >= 0.6 is 11.3 Å². The highest BCUT2D eigenvalue weighted by Gasteiger charge is 2.16. The van der Waals surface area contributed by atoms with Crippen LogP contribution in [0.3, 0.4) is 0 Å². The van der Waals surface area contributed by atoms with Crippen molar-refractivity contribution >= 4 is 39.6 Å². The summed E-state index contributed by atoms with van der Waals surface area (Å²) in [5.41, 5.74) is 1.32. The maximum atomic E-state index is 11.1. The highest BCUT2D eigenvalue weighted by atomic mass is 32.1. The number of carboxylic acids is 1. The standard InChI is InChI=1S/C13H13N3O3S/c1-7(17)14-9-4-3-5-10(6-9)16-12-11(13(18)19)15-8(2)20-12/h3-6,16H,1-2H3,(H,14,17)(H,18,19). The molecule has 7 heteroatoms. The zero-order valence-corrected chi connectivity index (χ0v) is 11.7. The van der Waals surface area contributed by atoms with E-state index in [2.05, 4.69) is 15.6 Å². The molecule has 0 bridgehead atoms. The molecule has 0 aliphatic rings. The van der Waals surface area contributed by atoms with Crippen molar-refractivity contribution in [2.45, 2.75) is 13.8 Å². The van der Waals surface area contributed by atoms with Crippen LogP contribution in [-0.4, -0.2) is 22.0 Å². The molecule has 104 valence electrons. The van der Waals surface area contributed by atoms with E-state index in [0.29, 0.717) is 21.4 Å². The number of aryl methyl sites for hydroxylation is 1. The van der Waals surface area contributed by atoms with Crippen LogP contribution in [0, 0.1) is 6.92 Å². The molecular formula is C13H13N3O3S. The Morgan fingerprint density at radius 3 is 2.65 bits per heavy atom. The minimum absolute atomic E-state index is 0.00238. The number of hydrogen-bond donors (Lipinski definition) is 3. The van der Waals surface area contributed by atoms with E-state index in [1.807, 2.05) is 0 Å². The van der Waals surface area contributed by atoms with Crippen molar-refractivity contribution in [1.82, 2.24) is 4.98 Å². The molecule has 0 radical (unpaired) electrons. The molecule has 0 saturated heterocycles. The minimum atomic E-state index is -1.07. The molecule has 6 nitrogen and oxygen atoms in total. The van der Waals surface area contributed by atoms with E-state index >= 15 is 0 Å². The first-order valence-electron chi connectivity index (χ1n) is 5.81. The number of amides is 1. The van der Waals surface area contributed by atoms with Crippen molar-refractivity contribution in [2.75, 3.05) is 10.6 Å². The molecule has 2 rings (SSSR count). The van der Waals surface area contributed by atoms with E-state index < -0.39 is 5.97 Å². The summed E-state index contributed by atoms with van der Waals surface area (Å²) in [4.78, 5) is 26.1. The third-order valence-corrected chi connectivity index (χ3v) is 3.26. The Morgan fingerprint density at radius 2 is 2.00 bits per heavy atom. The monoisotopic (exact) mass is 291 g/mol. The third kappa shape index (κ3) is 3.33. The van der Waals surface area contributed by atoms with Crippen molar-refractivity contribution in [3.05, 3.63) is 35.0 Å². The van der Waals surface area contributed by atoms with Gasteiger partial charge in [0.15, 0.2) is 5.69 Å². The van der Waals surface area contributed by atoms with Gasteiger partial charge in [0.1, 0.15) is 5.00 Å². The van der Waals surface area contributed by atoms with Gasteiger partial charge in [0.2, 0.25) is 5.91 Å². The first kappa shape index (κ1) is 14.0. The van der Waals surface area contributed by atoms with Gasteiger partial charge in [-0.1, -0.05) is 6.07 Å². The Kier molecular flexibility index (Phi) is 3.99. The lowest BCUT2D eigenvalue weighted by Gasteiger charge is -2.07. The Labute approximate surface area is 119 Å². The summed E-state index contributed by atoms with van der Waals surface area (Å²) in [6.45, 7) is 3.17. The molecular weight excluding hydrogens is 278 g/mol. The van der Waals surface area contributed by atoms with Crippen LogP contribution < -0.4 is 10.6 Å². The number of benzene rings is 1. The Hall–Kier alpha value is -2.41. The van der Waals surface area contributed by atoms with Gasteiger partial charge in [-0.2, -0.15) is 0 Å². The molecule has 0 aliphatic heterocycles. The van der Waals surface area contributed by atoms with Gasteiger partial charge in [-0.15, -0.1) is 11.3 Å². The zero-order chi connectivity index (χ0) is 14.7. The molecule has 0 saturated carbocycles. The average molecular weight is 291 g/mol. The largest absolute Gasteiger partial charge is 0.476 e. The summed E-state index contributed by atoms with van der Waals surface area (Å²) < 4.78 is 0. The molecule has 0 aliphatic carbocycles. The van der Waals surface area contributed by atoms with Crippen molar-refractivity contribution < 1.29 is 14.7 Å². The Balaban J connectivity index is 2.26. The van der Waals surface area contributed by atoms with Crippen LogP contribution in [0.15, 0.2) is 24.3 Å². The van der Waals surface area contributed by atoms with E-state index in [1.165, 1.54) is 18.3 Å².